The van der Waals surface area contributed by atoms with Crippen molar-refractivity contribution in [3.63, 3.8) is 0 Å². The quantitative estimate of drug-likeness (QED) is 0.629. The summed E-state index contributed by atoms with van der Waals surface area (Å²) in [5.74, 6) is 1.25. The van der Waals surface area contributed by atoms with Gasteiger partial charge in [-0.1, -0.05) is 17.3 Å². The Morgan fingerprint density at radius 1 is 1.27 bits per heavy atom. The molecule has 2 amide bonds. The van der Waals surface area contributed by atoms with Crippen molar-refractivity contribution >= 4 is 41.7 Å². The predicted octanol–water partition coefficient (Wildman–Crippen LogP) is 2.27. The fourth-order valence-corrected chi connectivity index (χ4v) is 3.19. The number of aryl methyl sites for hydroxylation is 2. The second-order valence-corrected chi connectivity index (χ2v) is 6.42. The maximum absolute atomic E-state index is 12.2. The number of carbonyl (C=O) groups is 2. The Morgan fingerprint density at radius 3 is 2.65 bits per heavy atom. The normalized spacial score (nSPS) is 10.1. The van der Waals surface area contributed by atoms with Gasteiger partial charge >= 0.3 is 0 Å². The van der Waals surface area contributed by atoms with Crippen molar-refractivity contribution in [2.24, 2.45) is 5.73 Å². The highest BCUT2D eigenvalue weighted by Gasteiger charge is 2.14. The Labute approximate surface area is 162 Å². The summed E-state index contributed by atoms with van der Waals surface area (Å²) >= 11 is 1.47. The van der Waals surface area contributed by atoms with Crippen molar-refractivity contribution in [3.05, 3.63) is 46.8 Å². The van der Waals surface area contributed by atoms with Gasteiger partial charge in [-0.3, -0.25) is 9.59 Å². The number of nitrogens with one attached hydrogen (secondary N) is 2. The first kappa shape index (κ1) is 22.0. The maximum Gasteiger partial charge on any atom is 0.253 e. The van der Waals surface area contributed by atoms with Crippen LogP contribution in [0.1, 0.15) is 27.4 Å². The van der Waals surface area contributed by atoms with E-state index in [9.17, 15) is 9.59 Å². The molecular formula is C17H23ClN4O3S. The Hall–Kier alpha value is -2.03. The van der Waals surface area contributed by atoms with E-state index in [2.05, 4.69) is 15.8 Å². The SMILES string of the molecule is Cc1noc(C)c1CSCC(=O)Nc1ccccc1C(=O)NCCN.Cl. The third-order valence-electron chi connectivity index (χ3n) is 3.54. The van der Waals surface area contributed by atoms with Gasteiger partial charge in [-0.15, -0.1) is 24.2 Å². The Kier molecular flexibility index (Phi) is 9.18. The minimum atomic E-state index is -0.260. The molecule has 9 heteroatoms. The van der Waals surface area contributed by atoms with Gasteiger partial charge < -0.3 is 20.9 Å². The predicted molar refractivity (Wildman–Crippen MR) is 106 cm³/mol. The summed E-state index contributed by atoms with van der Waals surface area (Å²) in [5.41, 5.74) is 8.15. The van der Waals surface area contributed by atoms with Gasteiger partial charge in [-0.05, 0) is 26.0 Å². The van der Waals surface area contributed by atoms with Gasteiger partial charge in [0.2, 0.25) is 5.91 Å². The molecule has 0 saturated carbocycles. The fraction of sp³-hybridized carbons (Fsp3) is 0.353. The van der Waals surface area contributed by atoms with Crippen molar-refractivity contribution in [2.45, 2.75) is 19.6 Å². The molecule has 7 nitrogen and oxygen atoms in total. The van der Waals surface area contributed by atoms with Crippen LogP contribution in [0.4, 0.5) is 5.69 Å². The standard InChI is InChI=1S/C17H22N4O3S.ClH/c1-11-14(12(2)24-21-11)9-25-10-16(22)20-15-6-4-3-5-13(15)17(23)19-8-7-18;/h3-6H,7-10,18H2,1-2H3,(H,19,23)(H,20,22);1H. The number of aromatic nitrogens is 1. The Balaban J connectivity index is 0.00000338. The van der Waals surface area contributed by atoms with E-state index >= 15 is 0 Å². The van der Waals surface area contributed by atoms with Crippen LogP contribution in [0, 0.1) is 13.8 Å². The van der Waals surface area contributed by atoms with E-state index in [1.807, 2.05) is 13.8 Å². The number of amides is 2. The lowest BCUT2D eigenvalue weighted by Crippen LogP contribution is -2.30. The molecule has 0 aliphatic heterocycles. The molecule has 0 aliphatic rings. The number of nitrogens with two attached hydrogens (primary N) is 1. The van der Waals surface area contributed by atoms with Crippen LogP contribution in [0.3, 0.4) is 0 Å². The molecule has 0 radical (unpaired) electrons. The van der Waals surface area contributed by atoms with Crippen LogP contribution in [0.2, 0.25) is 0 Å². The second kappa shape index (κ2) is 10.8. The van der Waals surface area contributed by atoms with Crippen molar-refractivity contribution < 1.29 is 14.1 Å². The Bertz CT molecular complexity index is 732. The first-order valence-corrected chi connectivity index (χ1v) is 9.05. The Morgan fingerprint density at radius 2 is 2.00 bits per heavy atom. The summed E-state index contributed by atoms with van der Waals surface area (Å²) in [6.45, 7) is 4.47. The summed E-state index contributed by atoms with van der Waals surface area (Å²) in [6, 6.07) is 6.89. The minimum absolute atomic E-state index is 0. The number of thioether (sulfide) groups is 1. The van der Waals surface area contributed by atoms with Crippen molar-refractivity contribution in [3.8, 4) is 0 Å². The van der Waals surface area contributed by atoms with E-state index in [1.54, 1.807) is 24.3 Å². The highest BCUT2D eigenvalue weighted by atomic mass is 35.5. The van der Waals surface area contributed by atoms with E-state index in [0.717, 1.165) is 17.0 Å². The van der Waals surface area contributed by atoms with Crippen molar-refractivity contribution in [2.75, 3.05) is 24.2 Å². The van der Waals surface area contributed by atoms with Crippen molar-refractivity contribution in [1.82, 2.24) is 10.5 Å². The molecule has 1 aromatic carbocycles. The van der Waals surface area contributed by atoms with Crippen LogP contribution in [-0.2, 0) is 10.5 Å². The zero-order valence-electron chi connectivity index (χ0n) is 14.7. The number of hydrogen-bond acceptors (Lipinski definition) is 6. The van der Waals surface area contributed by atoms with Gasteiger partial charge in [0.15, 0.2) is 0 Å². The maximum atomic E-state index is 12.2. The molecular weight excluding hydrogens is 376 g/mol. The van der Waals surface area contributed by atoms with Gasteiger partial charge in [0.25, 0.3) is 5.91 Å². The smallest absolute Gasteiger partial charge is 0.253 e. The fourth-order valence-electron chi connectivity index (χ4n) is 2.21. The number of halogens is 1. The third kappa shape index (κ3) is 6.05. The summed E-state index contributed by atoms with van der Waals surface area (Å²) in [7, 11) is 0. The van der Waals surface area contributed by atoms with Crippen LogP contribution in [0.25, 0.3) is 0 Å². The molecule has 1 aromatic heterocycles. The van der Waals surface area contributed by atoms with Crippen LogP contribution >= 0.6 is 24.2 Å². The molecule has 0 unspecified atom stereocenters. The molecule has 0 saturated heterocycles. The number of hydrogen-bond donors (Lipinski definition) is 3. The number of carbonyl (C=O) groups excluding carboxylic acids is 2. The zero-order valence-corrected chi connectivity index (χ0v) is 16.3. The highest BCUT2D eigenvalue weighted by Crippen LogP contribution is 2.20. The van der Waals surface area contributed by atoms with E-state index in [0.29, 0.717) is 30.1 Å². The molecule has 1 heterocycles. The largest absolute Gasteiger partial charge is 0.361 e. The topological polar surface area (TPSA) is 110 Å². The van der Waals surface area contributed by atoms with Crippen LogP contribution in [0.5, 0.6) is 0 Å². The third-order valence-corrected chi connectivity index (χ3v) is 4.50. The second-order valence-electron chi connectivity index (χ2n) is 5.43. The lowest BCUT2D eigenvalue weighted by Gasteiger charge is -2.11. The number of benzene rings is 1. The molecule has 0 spiro atoms. The number of rotatable bonds is 8. The number of anilines is 1. The summed E-state index contributed by atoms with van der Waals surface area (Å²) in [6.07, 6.45) is 0. The van der Waals surface area contributed by atoms with Crippen LogP contribution in [-0.4, -0.2) is 35.8 Å². The summed E-state index contributed by atoms with van der Waals surface area (Å²) < 4.78 is 5.11. The van der Waals surface area contributed by atoms with E-state index in [-0.39, 0.29) is 30.0 Å². The summed E-state index contributed by atoms with van der Waals surface area (Å²) in [5, 5.41) is 9.38. The van der Waals surface area contributed by atoms with E-state index in [1.165, 1.54) is 11.8 Å². The summed E-state index contributed by atoms with van der Waals surface area (Å²) in [4.78, 5) is 24.3. The first-order valence-electron chi connectivity index (χ1n) is 7.89. The van der Waals surface area contributed by atoms with E-state index in [4.69, 9.17) is 10.3 Å². The molecule has 0 atom stereocenters. The van der Waals surface area contributed by atoms with E-state index < -0.39 is 0 Å². The molecule has 0 fully saturated rings. The molecule has 2 aromatic rings. The molecule has 2 rings (SSSR count). The average molecular weight is 399 g/mol. The van der Waals surface area contributed by atoms with Gasteiger partial charge in [-0.25, -0.2) is 0 Å². The van der Waals surface area contributed by atoms with Crippen LogP contribution < -0.4 is 16.4 Å². The lowest BCUT2D eigenvalue weighted by atomic mass is 10.1. The first-order chi connectivity index (χ1) is 12.0. The average Bonchev–Trinajstić information content (AvgIpc) is 2.92. The molecule has 0 bridgehead atoms. The van der Waals surface area contributed by atoms with Gasteiger partial charge in [0, 0.05) is 24.4 Å². The van der Waals surface area contributed by atoms with Gasteiger partial charge in [-0.2, -0.15) is 0 Å². The van der Waals surface area contributed by atoms with Gasteiger partial charge in [0.05, 0.1) is 22.7 Å². The number of para-hydroxylation sites is 1. The van der Waals surface area contributed by atoms with Gasteiger partial charge in [0.1, 0.15) is 5.76 Å². The van der Waals surface area contributed by atoms with Crippen molar-refractivity contribution in [1.29, 1.82) is 0 Å². The lowest BCUT2D eigenvalue weighted by molar-refractivity contribution is -0.113. The highest BCUT2D eigenvalue weighted by molar-refractivity contribution is 7.99. The van der Waals surface area contributed by atoms with Crippen LogP contribution in [0.15, 0.2) is 28.8 Å². The molecule has 0 aliphatic carbocycles. The molecule has 4 N–H and O–H groups in total. The zero-order chi connectivity index (χ0) is 18.2. The number of nitrogens with zero attached hydrogens (tertiary/aromatic N) is 1. The molecule has 26 heavy (non-hydrogen) atoms. The monoisotopic (exact) mass is 398 g/mol. The molecule has 142 valence electrons. The minimum Gasteiger partial charge on any atom is -0.361 e.